The van der Waals surface area contributed by atoms with Crippen molar-refractivity contribution in [1.29, 1.82) is 0 Å². The summed E-state index contributed by atoms with van der Waals surface area (Å²) in [5.41, 5.74) is 2.54. The van der Waals surface area contributed by atoms with Gasteiger partial charge >= 0.3 is 0 Å². The molecule has 2 nitrogen and oxygen atoms in total. The highest BCUT2D eigenvalue weighted by atomic mass is 35.5. The Labute approximate surface area is 172 Å². The normalized spacial score (nSPS) is 27.5. The van der Waals surface area contributed by atoms with E-state index in [0.717, 1.165) is 5.56 Å². The summed E-state index contributed by atoms with van der Waals surface area (Å²) in [6.07, 6.45) is 1.19. The molecule has 1 fully saturated rings. The molecule has 3 heteroatoms. The number of aliphatic hydroxyl groups is 1. The van der Waals surface area contributed by atoms with Crippen molar-refractivity contribution in [3.8, 4) is 0 Å². The molecule has 28 heavy (non-hydrogen) atoms. The molecule has 0 aliphatic carbocycles. The van der Waals surface area contributed by atoms with Gasteiger partial charge < -0.3 is 10.4 Å². The lowest BCUT2D eigenvalue weighted by Crippen LogP contribution is -2.53. The summed E-state index contributed by atoms with van der Waals surface area (Å²) < 4.78 is 0. The Hall–Kier alpha value is -2.13. The lowest BCUT2D eigenvalue weighted by molar-refractivity contribution is -0.0674. The van der Waals surface area contributed by atoms with Gasteiger partial charge in [-0.2, -0.15) is 0 Å². The Morgan fingerprint density at radius 1 is 0.893 bits per heavy atom. The fourth-order valence-electron chi connectivity index (χ4n) is 4.42. The molecule has 0 aromatic heterocycles. The Morgan fingerprint density at radius 2 is 1.46 bits per heavy atom. The van der Waals surface area contributed by atoms with Gasteiger partial charge in [-0.25, -0.2) is 0 Å². The molecular weight excluding hydrogens is 366 g/mol. The molecule has 1 heterocycles. The van der Waals surface area contributed by atoms with E-state index in [1.165, 1.54) is 11.1 Å². The number of piperidine rings is 1. The first kappa shape index (κ1) is 19.2. The first-order chi connectivity index (χ1) is 13.6. The lowest BCUT2D eigenvalue weighted by Gasteiger charge is -2.48. The average molecular weight is 392 g/mol. The van der Waals surface area contributed by atoms with Crippen molar-refractivity contribution in [3.05, 3.63) is 107 Å². The van der Waals surface area contributed by atoms with Crippen LogP contribution in [0.3, 0.4) is 0 Å². The number of halogens is 1. The second-order valence-corrected chi connectivity index (χ2v) is 8.29. The molecule has 0 unspecified atom stereocenters. The van der Waals surface area contributed by atoms with Gasteiger partial charge in [0.1, 0.15) is 0 Å². The SMILES string of the molecule is C[C@@H]1[C@H](c2ccccc2)N[C@H](c2ccccc2)C[C@]1(O)Cc1ccccc1Cl. The summed E-state index contributed by atoms with van der Waals surface area (Å²) >= 11 is 6.43. The molecule has 4 atom stereocenters. The first-order valence-electron chi connectivity index (χ1n) is 9.88. The highest BCUT2D eigenvalue weighted by molar-refractivity contribution is 6.31. The van der Waals surface area contributed by atoms with Gasteiger partial charge in [-0.15, -0.1) is 0 Å². The quantitative estimate of drug-likeness (QED) is 0.595. The zero-order valence-electron chi connectivity index (χ0n) is 16.1. The largest absolute Gasteiger partial charge is 0.389 e. The van der Waals surface area contributed by atoms with Crippen molar-refractivity contribution in [3.63, 3.8) is 0 Å². The molecule has 3 aromatic carbocycles. The molecule has 1 aliphatic rings. The standard InChI is InChI=1S/C25H26ClNO/c1-18-24(20-12-6-3-7-13-20)27-23(19-10-4-2-5-11-19)17-25(18,28)16-21-14-8-9-15-22(21)26/h2-15,18,23-24,27-28H,16-17H2,1H3/t18-,23+,24-,25-/m1/s1. The summed E-state index contributed by atoms with van der Waals surface area (Å²) in [7, 11) is 0. The zero-order valence-corrected chi connectivity index (χ0v) is 16.8. The minimum Gasteiger partial charge on any atom is -0.389 e. The number of rotatable bonds is 4. The van der Waals surface area contributed by atoms with Crippen molar-refractivity contribution >= 4 is 11.6 Å². The van der Waals surface area contributed by atoms with Crippen LogP contribution in [0.2, 0.25) is 5.02 Å². The summed E-state index contributed by atoms with van der Waals surface area (Å²) in [5, 5.41) is 16.4. The number of benzene rings is 3. The van der Waals surface area contributed by atoms with Gasteiger partial charge in [0.25, 0.3) is 0 Å². The van der Waals surface area contributed by atoms with Crippen molar-refractivity contribution in [2.45, 2.75) is 37.5 Å². The van der Waals surface area contributed by atoms with Crippen LogP contribution in [-0.4, -0.2) is 10.7 Å². The fraction of sp³-hybridized carbons (Fsp3) is 0.280. The average Bonchev–Trinajstić information content (AvgIpc) is 2.73. The van der Waals surface area contributed by atoms with Crippen LogP contribution in [0.1, 0.15) is 42.1 Å². The van der Waals surface area contributed by atoms with E-state index in [1.807, 2.05) is 36.4 Å². The predicted molar refractivity (Wildman–Crippen MR) is 115 cm³/mol. The maximum Gasteiger partial charge on any atom is 0.0750 e. The third-order valence-corrected chi connectivity index (χ3v) is 6.47. The summed E-state index contributed by atoms with van der Waals surface area (Å²) in [5.74, 6) is 0.0335. The first-order valence-corrected chi connectivity index (χ1v) is 10.3. The molecule has 0 spiro atoms. The third kappa shape index (κ3) is 3.86. The molecule has 0 radical (unpaired) electrons. The topological polar surface area (TPSA) is 32.3 Å². The molecule has 0 saturated carbocycles. The lowest BCUT2D eigenvalue weighted by atomic mass is 9.69. The van der Waals surface area contributed by atoms with Crippen molar-refractivity contribution < 1.29 is 5.11 Å². The summed E-state index contributed by atoms with van der Waals surface area (Å²) in [6, 6.07) is 28.8. The minimum absolute atomic E-state index is 0.0335. The van der Waals surface area contributed by atoms with E-state index >= 15 is 0 Å². The van der Waals surface area contributed by atoms with Crippen LogP contribution in [0.25, 0.3) is 0 Å². The summed E-state index contributed by atoms with van der Waals surface area (Å²) in [4.78, 5) is 0. The number of hydrogen-bond donors (Lipinski definition) is 2. The van der Waals surface area contributed by atoms with E-state index in [4.69, 9.17) is 11.6 Å². The van der Waals surface area contributed by atoms with Crippen LogP contribution < -0.4 is 5.32 Å². The second kappa shape index (κ2) is 8.08. The van der Waals surface area contributed by atoms with E-state index in [2.05, 4.69) is 60.8 Å². The van der Waals surface area contributed by atoms with Gasteiger partial charge in [-0.05, 0) is 29.2 Å². The Morgan fingerprint density at radius 3 is 2.11 bits per heavy atom. The Bertz CT molecular complexity index is 914. The Balaban J connectivity index is 1.72. The predicted octanol–water partition coefficient (Wildman–Crippen LogP) is 5.73. The van der Waals surface area contributed by atoms with E-state index in [0.29, 0.717) is 17.9 Å². The highest BCUT2D eigenvalue weighted by Crippen LogP contribution is 2.45. The summed E-state index contributed by atoms with van der Waals surface area (Å²) in [6.45, 7) is 2.14. The van der Waals surface area contributed by atoms with Crippen molar-refractivity contribution in [2.24, 2.45) is 5.92 Å². The van der Waals surface area contributed by atoms with Crippen LogP contribution in [-0.2, 0) is 6.42 Å². The van der Waals surface area contributed by atoms with Gasteiger partial charge in [0.15, 0.2) is 0 Å². The number of nitrogens with one attached hydrogen (secondary N) is 1. The van der Waals surface area contributed by atoms with Gasteiger partial charge in [-0.3, -0.25) is 0 Å². The van der Waals surface area contributed by atoms with E-state index in [9.17, 15) is 5.11 Å². The van der Waals surface area contributed by atoms with E-state index in [-0.39, 0.29) is 18.0 Å². The maximum atomic E-state index is 11.9. The Kier molecular flexibility index (Phi) is 5.54. The molecule has 1 saturated heterocycles. The fourth-order valence-corrected chi connectivity index (χ4v) is 4.62. The van der Waals surface area contributed by atoms with E-state index in [1.54, 1.807) is 0 Å². The molecule has 1 aliphatic heterocycles. The molecule has 0 amide bonds. The molecule has 2 N–H and O–H groups in total. The van der Waals surface area contributed by atoms with Crippen LogP contribution in [0, 0.1) is 5.92 Å². The minimum atomic E-state index is -0.864. The zero-order chi connectivity index (χ0) is 19.6. The van der Waals surface area contributed by atoms with Gasteiger partial charge in [0.2, 0.25) is 0 Å². The molecule has 3 aromatic rings. The molecule has 4 rings (SSSR count). The van der Waals surface area contributed by atoms with Gasteiger partial charge in [0.05, 0.1) is 5.60 Å². The number of hydrogen-bond acceptors (Lipinski definition) is 2. The second-order valence-electron chi connectivity index (χ2n) is 7.88. The third-order valence-electron chi connectivity index (χ3n) is 6.10. The van der Waals surface area contributed by atoms with Crippen LogP contribution in [0.4, 0.5) is 0 Å². The molecule has 144 valence electrons. The molecular formula is C25H26ClNO. The monoisotopic (exact) mass is 391 g/mol. The van der Waals surface area contributed by atoms with Crippen LogP contribution >= 0.6 is 11.6 Å². The van der Waals surface area contributed by atoms with Crippen molar-refractivity contribution in [1.82, 2.24) is 5.32 Å². The van der Waals surface area contributed by atoms with E-state index < -0.39 is 5.60 Å². The highest BCUT2D eigenvalue weighted by Gasteiger charge is 2.46. The van der Waals surface area contributed by atoms with Gasteiger partial charge in [-0.1, -0.05) is 97.4 Å². The smallest absolute Gasteiger partial charge is 0.0750 e. The maximum absolute atomic E-state index is 11.9. The molecule has 0 bridgehead atoms. The van der Waals surface area contributed by atoms with Gasteiger partial charge in [0, 0.05) is 29.4 Å². The van der Waals surface area contributed by atoms with Crippen LogP contribution in [0.15, 0.2) is 84.9 Å². The van der Waals surface area contributed by atoms with Crippen molar-refractivity contribution in [2.75, 3.05) is 0 Å². The van der Waals surface area contributed by atoms with Crippen LogP contribution in [0.5, 0.6) is 0 Å².